The van der Waals surface area contributed by atoms with E-state index in [0.717, 1.165) is 15.9 Å². The summed E-state index contributed by atoms with van der Waals surface area (Å²) in [5.41, 5.74) is 0.948. The second kappa shape index (κ2) is 7.98. The van der Waals surface area contributed by atoms with E-state index in [9.17, 15) is 4.21 Å². The maximum Gasteiger partial charge on any atom is 0.169 e. The van der Waals surface area contributed by atoms with Gasteiger partial charge < -0.3 is 9.47 Å². The van der Waals surface area contributed by atoms with Gasteiger partial charge in [0.05, 0.1) is 29.9 Å². The zero-order valence-corrected chi connectivity index (χ0v) is 17.6. The van der Waals surface area contributed by atoms with Crippen LogP contribution >= 0.6 is 7.92 Å². The number of hydrogen-bond acceptors (Lipinski definition) is 3. The quantitative estimate of drug-likeness (QED) is 0.701. The molecule has 0 fully saturated rings. The van der Waals surface area contributed by atoms with Crippen molar-refractivity contribution in [3.63, 3.8) is 0 Å². The lowest BCUT2D eigenvalue weighted by atomic mass is 10.3. The van der Waals surface area contributed by atoms with Crippen LogP contribution in [-0.2, 0) is 10.8 Å². The van der Waals surface area contributed by atoms with Gasteiger partial charge in [-0.05, 0) is 44.2 Å². The molecule has 0 aliphatic carbocycles. The van der Waals surface area contributed by atoms with E-state index in [2.05, 4.69) is 27.7 Å². The molecule has 0 heterocycles. The second-order valence-electron chi connectivity index (χ2n) is 7.12. The highest BCUT2D eigenvalue weighted by Gasteiger charge is 2.32. The Morgan fingerprint density at radius 2 is 1.52 bits per heavy atom. The lowest BCUT2D eigenvalue weighted by Crippen LogP contribution is -2.28. The summed E-state index contributed by atoms with van der Waals surface area (Å²) in [6.07, 6.45) is 0. The molecule has 0 aromatic heterocycles. The predicted molar refractivity (Wildman–Crippen MR) is 103 cm³/mol. The SMILES string of the molecule is COc1ccc([S@](=O)C(C)(C)C)c(P(C(C)C)C(C)C)c1OC. The molecular formula is C18H31O3PS. The number of hydrogen-bond donors (Lipinski definition) is 0. The van der Waals surface area contributed by atoms with Gasteiger partial charge in [0.25, 0.3) is 0 Å². The van der Waals surface area contributed by atoms with E-state index in [1.807, 2.05) is 32.9 Å². The minimum atomic E-state index is -1.11. The second-order valence-corrected chi connectivity index (χ2v) is 12.7. The highest BCUT2D eigenvalue weighted by molar-refractivity contribution is 7.87. The summed E-state index contributed by atoms with van der Waals surface area (Å²) in [6.45, 7) is 15.0. The van der Waals surface area contributed by atoms with E-state index in [1.54, 1.807) is 14.2 Å². The van der Waals surface area contributed by atoms with Crippen LogP contribution in [0.4, 0.5) is 0 Å². The summed E-state index contributed by atoms with van der Waals surface area (Å²) < 4.78 is 24.0. The fraction of sp³-hybridized carbons (Fsp3) is 0.667. The fourth-order valence-corrected chi connectivity index (χ4v) is 7.40. The van der Waals surface area contributed by atoms with E-state index in [4.69, 9.17) is 9.47 Å². The minimum Gasteiger partial charge on any atom is -0.493 e. The molecule has 0 N–H and O–H groups in total. The van der Waals surface area contributed by atoms with Crippen molar-refractivity contribution in [2.24, 2.45) is 0 Å². The van der Waals surface area contributed by atoms with Crippen molar-refractivity contribution in [3.05, 3.63) is 12.1 Å². The Balaban J connectivity index is 3.75. The first-order valence-corrected chi connectivity index (χ1v) is 10.6. The van der Waals surface area contributed by atoms with E-state index >= 15 is 0 Å². The van der Waals surface area contributed by atoms with Crippen molar-refractivity contribution >= 4 is 24.0 Å². The summed E-state index contributed by atoms with van der Waals surface area (Å²) in [5, 5.41) is 1.10. The van der Waals surface area contributed by atoms with Crippen molar-refractivity contribution in [1.82, 2.24) is 0 Å². The van der Waals surface area contributed by atoms with Gasteiger partial charge in [-0.25, -0.2) is 0 Å². The maximum absolute atomic E-state index is 13.1. The molecule has 0 radical (unpaired) electrons. The van der Waals surface area contributed by atoms with Crippen LogP contribution in [0.3, 0.4) is 0 Å². The summed E-state index contributed by atoms with van der Waals surface area (Å²) >= 11 is 0. The van der Waals surface area contributed by atoms with E-state index in [-0.39, 0.29) is 4.75 Å². The summed E-state index contributed by atoms with van der Waals surface area (Å²) in [6, 6.07) is 3.83. The Hall–Kier alpha value is -0.600. The lowest BCUT2D eigenvalue weighted by Gasteiger charge is -2.31. The molecule has 0 bridgehead atoms. The largest absolute Gasteiger partial charge is 0.493 e. The molecular weight excluding hydrogens is 327 g/mol. The summed E-state index contributed by atoms with van der Waals surface area (Å²) in [7, 11) is 1.69. The molecule has 5 heteroatoms. The maximum atomic E-state index is 13.1. The summed E-state index contributed by atoms with van der Waals surface area (Å²) in [4.78, 5) is 0.892. The van der Waals surface area contributed by atoms with Gasteiger partial charge in [0.1, 0.15) is 0 Å². The zero-order valence-electron chi connectivity index (χ0n) is 15.9. The van der Waals surface area contributed by atoms with Crippen LogP contribution in [0.5, 0.6) is 11.5 Å². The predicted octanol–water partition coefficient (Wildman–Crippen LogP) is 4.53. The van der Waals surface area contributed by atoms with Crippen LogP contribution < -0.4 is 14.8 Å². The first kappa shape index (κ1) is 20.4. The Morgan fingerprint density at radius 3 is 1.87 bits per heavy atom. The molecule has 0 saturated carbocycles. The van der Waals surface area contributed by atoms with Crippen LogP contribution in [0, 0.1) is 0 Å². The van der Waals surface area contributed by atoms with Gasteiger partial charge in [0.2, 0.25) is 0 Å². The van der Waals surface area contributed by atoms with Gasteiger partial charge in [-0.1, -0.05) is 35.6 Å². The van der Waals surface area contributed by atoms with Crippen molar-refractivity contribution < 1.29 is 13.7 Å². The molecule has 0 aliphatic rings. The molecule has 0 unspecified atom stereocenters. The highest BCUT2D eigenvalue weighted by atomic mass is 32.2. The number of ether oxygens (including phenoxy) is 2. The third-order valence-electron chi connectivity index (χ3n) is 3.61. The number of methoxy groups -OCH3 is 2. The van der Waals surface area contributed by atoms with Gasteiger partial charge in [0.15, 0.2) is 11.5 Å². The lowest BCUT2D eigenvalue weighted by molar-refractivity contribution is 0.356. The number of rotatable bonds is 6. The van der Waals surface area contributed by atoms with Gasteiger partial charge in [-0.3, -0.25) is 4.21 Å². The third kappa shape index (κ3) is 4.48. The molecule has 1 aromatic rings. The summed E-state index contributed by atoms with van der Waals surface area (Å²) in [5.74, 6) is 1.46. The van der Waals surface area contributed by atoms with Crippen molar-refractivity contribution in [2.45, 2.75) is 69.4 Å². The van der Waals surface area contributed by atoms with Gasteiger partial charge in [0, 0.05) is 10.1 Å². The van der Waals surface area contributed by atoms with E-state index < -0.39 is 18.7 Å². The Kier molecular flexibility index (Phi) is 7.10. The number of benzene rings is 1. The molecule has 1 atom stereocenters. The molecule has 23 heavy (non-hydrogen) atoms. The van der Waals surface area contributed by atoms with Crippen LogP contribution in [-0.4, -0.2) is 34.5 Å². The highest BCUT2D eigenvalue weighted by Crippen LogP contribution is 2.51. The van der Waals surface area contributed by atoms with Gasteiger partial charge in [-0.2, -0.15) is 0 Å². The topological polar surface area (TPSA) is 35.5 Å². The normalized spacial score (nSPS) is 13.7. The minimum absolute atomic E-state index is 0.316. The third-order valence-corrected chi connectivity index (χ3v) is 8.80. The molecule has 0 saturated heterocycles. The first-order valence-electron chi connectivity index (χ1n) is 8.01. The Bertz CT molecular complexity index is 554. The first-order chi connectivity index (χ1) is 10.6. The average molecular weight is 358 g/mol. The Labute approximate surface area is 145 Å². The van der Waals surface area contributed by atoms with Gasteiger partial charge in [-0.15, -0.1) is 0 Å². The zero-order chi connectivity index (χ0) is 17.9. The van der Waals surface area contributed by atoms with Crippen molar-refractivity contribution in [3.8, 4) is 11.5 Å². The monoisotopic (exact) mass is 358 g/mol. The molecule has 0 aliphatic heterocycles. The van der Waals surface area contributed by atoms with E-state index in [0.29, 0.717) is 17.1 Å². The van der Waals surface area contributed by atoms with Crippen molar-refractivity contribution in [2.75, 3.05) is 14.2 Å². The molecule has 1 rings (SSSR count). The standard InChI is InChI=1S/C18H31O3PS/c1-12(2)22(13(3)4)17-15(23(19)18(5,6)7)11-10-14(20-8)16(17)21-9/h10-13H,1-9H3/t23-/m0/s1. The van der Waals surface area contributed by atoms with Crippen LogP contribution in [0.15, 0.2) is 17.0 Å². The molecule has 132 valence electrons. The van der Waals surface area contributed by atoms with Crippen molar-refractivity contribution in [1.29, 1.82) is 0 Å². The fourth-order valence-electron chi connectivity index (χ4n) is 2.73. The van der Waals surface area contributed by atoms with Crippen LogP contribution in [0.2, 0.25) is 0 Å². The van der Waals surface area contributed by atoms with Gasteiger partial charge >= 0.3 is 0 Å². The van der Waals surface area contributed by atoms with Crippen LogP contribution in [0.25, 0.3) is 0 Å². The Morgan fingerprint density at radius 1 is 1.00 bits per heavy atom. The van der Waals surface area contributed by atoms with E-state index in [1.165, 1.54) is 0 Å². The molecule has 0 amide bonds. The molecule has 3 nitrogen and oxygen atoms in total. The smallest absolute Gasteiger partial charge is 0.169 e. The molecule has 1 aromatic carbocycles. The molecule has 0 spiro atoms. The average Bonchev–Trinajstić information content (AvgIpc) is 2.44. The van der Waals surface area contributed by atoms with Crippen LogP contribution in [0.1, 0.15) is 48.5 Å².